The maximum Gasteiger partial charge on any atom is 0.191 e. The van der Waals surface area contributed by atoms with Crippen molar-refractivity contribution in [1.29, 1.82) is 0 Å². The fourth-order valence-electron chi connectivity index (χ4n) is 3.68. The van der Waals surface area contributed by atoms with Gasteiger partial charge in [-0.2, -0.15) is 0 Å². The molecule has 0 bridgehead atoms. The molecule has 126 valence electrons. The van der Waals surface area contributed by atoms with E-state index in [9.17, 15) is 0 Å². The molecule has 2 unspecified atom stereocenters. The van der Waals surface area contributed by atoms with Crippen LogP contribution in [0.15, 0.2) is 29.3 Å². The van der Waals surface area contributed by atoms with Crippen molar-refractivity contribution in [3.63, 3.8) is 0 Å². The number of aliphatic imine (C=N–C) groups is 1. The number of rotatable bonds is 4. The second kappa shape index (κ2) is 7.68. The molecule has 2 N–H and O–H groups in total. The Hall–Kier alpha value is -1.75. The van der Waals surface area contributed by atoms with Gasteiger partial charge in [0.2, 0.25) is 0 Å². The first-order chi connectivity index (χ1) is 11.3. The Kier molecular flexibility index (Phi) is 5.39. The summed E-state index contributed by atoms with van der Waals surface area (Å²) in [6.45, 7) is 4.08. The van der Waals surface area contributed by atoms with Crippen LogP contribution in [0.5, 0.6) is 5.75 Å². The Morgan fingerprint density at radius 1 is 1.30 bits per heavy atom. The number of benzene rings is 1. The normalized spacial score (nSPS) is 25.4. The van der Waals surface area contributed by atoms with E-state index in [0.29, 0.717) is 12.0 Å². The highest BCUT2D eigenvalue weighted by Gasteiger charge is 2.30. The highest BCUT2D eigenvalue weighted by atomic mass is 16.5. The zero-order valence-corrected chi connectivity index (χ0v) is 14.2. The van der Waals surface area contributed by atoms with Gasteiger partial charge >= 0.3 is 0 Å². The van der Waals surface area contributed by atoms with E-state index < -0.39 is 0 Å². The maximum atomic E-state index is 5.29. The van der Waals surface area contributed by atoms with E-state index in [2.05, 4.69) is 51.8 Å². The minimum atomic E-state index is 0.450. The van der Waals surface area contributed by atoms with E-state index in [1.54, 1.807) is 7.11 Å². The van der Waals surface area contributed by atoms with Crippen molar-refractivity contribution >= 4 is 5.96 Å². The number of ether oxygens (including phenoxy) is 1. The lowest BCUT2D eigenvalue weighted by atomic mass is 9.85. The number of likely N-dealkylation sites (tertiary alicyclic amines) is 1. The summed E-state index contributed by atoms with van der Waals surface area (Å²) in [4.78, 5) is 7.00. The van der Waals surface area contributed by atoms with Crippen molar-refractivity contribution in [3.8, 4) is 5.75 Å². The molecule has 2 aliphatic heterocycles. The van der Waals surface area contributed by atoms with Crippen molar-refractivity contribution in [2.75, 3.05) is 40.3 Å². The number of nitrogens with zero attached hydrogens (tertiary/aromatic N) is 2. The van der Waals surface area contributed by atoms with Gasteiger partial charge in [0.05, 0.1) is 7.11 Å². The lowest BCUT2D eigenvalue weighted by molar-refractivity contribution is 0.122. The number of nitrogens with one attached hydrogen (secondary N) is 2. The fourth-order valence-corrected chi connectivity index (χ4v) is 3.68. The van der Waals surface area contributed by atoms with Crippen LogP contribution < -0.4 is 15.4 Å². The quantitative estimate of drug-likeness (QED) is 0.892. The SMILES string of the molecule is COc1ccc(C2C(CNC3=NCCCN3)CCCN2C)cc1. The van der Waals surface area contributed by atoms with Gasteiger partial charge in [-0.05, 0) is 56.5 Å². The summed E-state index contributed by atoms with van der Waals surface area (Å²) in [5, 5.41) is 6.87. The van der Waals surface area contributed by atoms with Gasteiger partial charge in [0.15, 0.2) is 5.96 Å². The molecule has 5 nitrogen and oxygen atoms in total. The topological polar surface area (TPSA) is 48.9 Å². The Bertz CT molecular complexity index is 528. The molecule has 5 heteroatoms. The molecule has 0 spiro atoms. The molecule has 2 atom stereocenters. The Morgan fingerprint density at radius 3 is 2.83 bits per heavy atom. The Labute approximate surface area is 139 Å². The van der Waals surface area contributed by atoms with Gasteiger partial charge in [0.25, 0.3) is 0 Å². The third-order valence-electron chi connectivity index (χ3n) is 4.89. The Morgan fingerprint density at radius 2 is 2.13 bits per heavy atom. The van der Waals surface area contributed by atoms with Crippen LogP contribution in [-0.2, 0) is 0 Å². The summed E-state index contributed by atoms with van der Waals surface area (Å²) in [5.74, 6) is 2.48. The molecule has 0 radical (unpaired) electrons. The third kappa shape index (κ3) is 3.96. The van der Waals surface area contributed by atoms with Gasteiger partial charge in [-0.25, -0.2) is 0 Å². The minimum absolute atomic E-state index is 0.450. The molecule has 0 aromatic heterocycles. The van der Waals surface area contributed by atoms with Gasteiger partial charge < -0.3 is 15.4 Å². The van der Waals surface area contributed by atoms with Crippen LogP contribution in [0.1, 0.15) is 30.9 Å². The molecule has 1 aromatic carbocycles. The third-order valence-corrected chi connectivity index (χ3v) is 4.89. The number of hydrogen-bond acceptors (Lipinski definition) is 5. The minimum Gasteiger partial charge on any atom is -0.497 e. The van der Waals surface area contributed by atoms with Gasteiger partial charge in [-0.1, -0.05) is 12.1 Å². The monoisotopic (exact) mass is 316 g/mol. The van der Waals surface area contributed by atoms with Crippen molar-refractivity contribution in [3.05, 3.63) is 29.8 Å². The van der Waals surface area contributed by atoms with Crippen LogP contribution in [0.25, 0.3) is 0 Å². The first-order valence-corrected chi connectivity index (χ1v) is 8.64. The summed E-state index contributed by atoms with van der Waals surface area (Å²) in [5.41, 5.74) is 1.37. The highest BCUT2D eigenvalue weighted by Crippen LogP contribution is 2.35. The number of hydrogen-bond donors (Lipinski definition) is 2. The number of methoxy groups -OCH3 is 1. The van der Waals surface area contributed by atoms with E-state index in [0.717, 1.165) is 44.3 Å². The summed E-state index contributed by atoms with van der Waals surface area (Å²) in [7, 11) is 3.95. The molecule has 0 aliphatic carbocycles. The molecule has 23 heavy (non-hydrogen) atoms. The van der Waals surface area contributed by atoms with Crippen LogP contribution in [0.2, 0.25) is 0 Å². The highest BCUT2D eigenvalue weighted by molar-refractivity contribution is 5.80. The van der Waals surface area contributed by atoms with Crippen LogP contribution in [-0.4, -0.2) is 51.2 Å². The van der Waals surface area contributed by atoms with E-state index >= 15 is 0 Å². The van der Waals surface area contributed by atoms with E-state index in [4.69, 9.17) is 4.74 Å². The van der Waals surface area contributed by atoms with Crippen LogP contribution in [0.3, 0.4) is 0 Å². The van der Waals surface area contributed by atoms with E-state index in [-0.39, 0.29) is 0 Å². The number of piperidine rings is 1. The molecular formula is C18H28N4O. The first kappa shape index (κ1) is 16.1. The average molecular weight is 316 g/mol. The molecule has 1 saturated heterocycles. The standard InChI is InChI=1S/C18H28N4O/c1-22-12-3-5-15(13-21-18-19-10-4-11-20-18)17(22)14-6-8-16(23-2)9-7-14/h6-9,15,17H,3-5,10-13H2,1-2H3,(H2,19,20,21). The molecular weight excluding hydrogens is 288 g/mol. The largest absolute Gasteiger partial charge is 0.497 e. The second-order valence-electron chi connectivity index (χ2n) is 6.49. The smallest absolute Gasteiger partial charge is 0.191 e. The molecule has 2 aliphatic rings. The predicted octanol–water partition coefficient (Wildman–Crippen LogP) is 2.02. The molecule has 1 aromatic rings. The second-order valence-corrected chi connectivity index (χ2v) is 6.49. The summed E-state index contributed by atoms with van der Waals surface area (Å²) < 4.78 is 5.29. The summed E-state index contributed by atoms with van der Waals surface area (Å²) in [6, 6.07) is 8.99. The maximum absolute atomic E-state index is 5.29. The van der Waals surface area contributed by atoms with E-state index in [1.807, 2.05) is 0 Å². The van der Waals surface area contributed by atoms with Crippen molar-refractivity contribution < 1.29 is 4.74 Å². The van der Waals surface area contributed by atoms with Crippen molar-refractivity contribution in [2.45, 2.75) is 25.3 Å². The molecule has 2 heterocycles. The van der Waals surface area contributed by atoms with Gasteiger partial charge in [0.1, 0.15) is 5.75 Å². The van der Waals surface area contributed by atoms with Gasteiger partial charge in [-0.15, -0.1) is 0 Å². The van der Waals surface area contributed by atoms with Crippen LogP contribution >= 0.6 is 0 Å². The van der Waals surface area contributed by atoms with E-state index in [1.165, 1.54) is 18.4 Å². The summed E-state index contributed by atoms with van der Waals surface area (Å²) >= 11 is 0. The molecule has 0 amide bonds. The summed E-state index contributed by atoms with van der Waals surface area (Å²) in [6.07, 6.45) is 3.64. The average Bonchev–Trinajstić information content (AvgIpc) is 2.61. The first-order valence-electron chi connectivity index (χ1n) is 8.64. The fraction of sp³-hybridized carbons (Fsp3) is 0.611. The molecule has 1 fully saturated rings. The van der Waals surface area contributed by atoms with Gasteiger partial charge in [-0.3, -0.25) is 9.89 Å². The lowest BCUT2D eigenvalue weighted by Gasteiger charge is -2.40. The Balaban J connectivity index is 1.69. The lowest BCUT2D eigenvalue weighted by Crippen LogP contribution is -2.46. The predicted molar refractivity (Wildman–Crippen MR) is 94.0 cm³/mol. The van der Waals surface area contributed by atoms with Crippen LogP contribution in [0.4, 0.5) is 0 Å². The zero-order chi connectivity index (χ0) is 16.1. The molecule has 3 rings (SSSR count). The zero-order valence-electron chi connectivity index (χ0n) is 14.2. The van der Waals surface area contributed by atoms with Crippen LogP contribution in [0, 0.1) is 5.92 Å². The van der Waals surface area contributed by atoms with Crippen molar-refractivity contribution in [2.24, 2.45) is 10.9 Å². The number of guanidine groups is 1. The van der Waals surface area contributed by atoms with Gasteiger partial charge in [0, 0.05) is 25.7 Å². The molecule has 0 saturated carbocycles. The van der Waals surface area contributed by atoms with Crippen molar-refractivity contribution in [1.82, 2.24) is 15.5 Å².